The number of benzene rings is 1. The number of nitrogens with one attached hydrogen (secondary N) is 1. The summed E-state index contributed by atoms with van der Waals surface area (Å²) in [4.78, 5) is 12.1. The van der Waals surface area contributed by atoms with Crippen LogP contribution in [0.2, 0.25) is 0 Å². The molecule has 4 nitrogen and oxygen atoms in total. The van der Waals surface area contributed by atoms with Gasteiger partial charge < -0.3 is 14.5 Å². The molecule has 1 aromatic carbocycles. The summed E-state index contributed by atoms with van der Waals surface area (Å²) in [5.74, 6) is 1.17. The molecule has 0 aliphatic carbocycles. The van der Waals surface area contributed by atoms with E-state index in [0.717, 1.165) is 16.5 Å². The van der Waals surface area contributed by atoms with E-state index in [4.69, 9.17) is 21.4 Å². The van der Waals surface area contributed by atoms with Crippen LogP contribution in [0.25, 0.3) is 16.8 Å². The van der Waals surface area contributed by atoms with E-state index in [2.05, 4.69) is 5.32 Å². The van der Waals surface area contributed by atoms with Crippen LogP contribution in [0.4, 0.5) is 0 Å². The maximum Gasteiger partial charge on any atom is 0.263 e. The normalized spacial score (nSPS) is 17.2. The Bertz CT molecular complexity index is 718. The second-order valence-electron chi connectivity index (χ2n) is 3.91. The van der Waals surface area contributed by atoms with Gasteiger partial charge in [0.1, 0.15) is 15.8 Å². The predicted molar refractivity (Wildman–Crippen MR) is 79.1 cm³/mol. The summed E-state index contributed by atoms with van der Waals surface area (Å²) in [6.45, 7) is 0. The van der Waals surface area contributed by atoms with Gasteiger partial charge >= 0.3 is 0 Å². The molecule has 1 saturated heterocycles. The van der Waals surface area contributed by atoms with E-state index in [1.807, 2.05) is 18.2 Å². The van der Waals surface area contributed by atoms with Gasteiger partial charge in [-0.25, -0.2) is 0 Å². The molecule has 0 atom stereocenters. The number of hydrogen-bond acceptors (Lipinski definition) is 5. The average Bonchev–Trinajstić information content (AvgIpc) is 2.93. The highest BCUT2D eigenvalue weighted by molar-refractivity contribution is 8.26. The number of amides is 1. The number of carbonyl (C=O) groups is 1. The lowest BCUT2D eigenvalue weighted by atomic mass is 10.1. The van der Waals surface area contributed by atoms with E-state index in [9.17, 15) is 4.79 Å². The van der Waals surface area contributed by atoms with Crippen molar-refractivity contribution in [3.05, 3.63) is 35.1 Å². The van der Waals surface area contributed by atoms with E-state index in [1.165, 1.54) is 11.8 Å². The van der Waals surface area contributed by atoms with Gasteiger partial charge in [0.05, 0.1) is 18.3 Å². The number of thiocarbonyl (C=S) groups is 1. The fraction of sp³-hybridized carbons (Fsp3) is 0.0769. The second kappa shape index (κ2) is 4.71. The molecule has 1 N–H and O–H groups in total. The smallest absolute Gasteiger partial charge is 0.263 e. The van der Waals surface area contributed by atoms with E-state index >= 15 is 0 Å². The van der Waals surface area contributed by atoms with E-state index < -0.39 is 0 Å². The van der Waals surface area contributed by atoms with Crippen LogP contribution in [0, 0.1) is 0 Å². The SMILES string of the molecule is COc1ccc2coc(C=C3SC(=S)NC3=O)c2c1. The van der Waals surface area contributed by atoms with Gasteiger partial charge in [-0.1, -0.05) is 24.0 Å². The predicted octanol–water partition coefficient (Wildman–Crippen LogP) is 2.93. The molecule has 2 aromatic rings. The summed E-state index contributed by atoms with van der Waals surface area (Å²) >= 11 is 6.17. The summed E-state index contributed by atoms with van der Waals surface area (Å²) in [5.41, 5.74) is 0. The van der Waals surface area contributed by atoms with E-state index in [0.29, 0.717) is 15.0 Å². The average molecular weight is 291 g/mol. The monoisotopic (exact) mass is 291 g/mol. The van der Waals surface area contributed by atoms with Gasteiger partial charge in [0.25, 0.3) is 5.91 Å². The topological polar surface area (TPSA) is 51.5 Å². The number of ether oxygens (including phenoxy) is 1. The van der Waals surface area contributed by atoms with E-state index in [-0.39, 0.29) is 5.91 Å². The van der Waals surface area contributed by atoms with Crippen molar-refractivity contribution in [2.75, 3.05) is 7.11 Å². The van der Waals surface area contributed by atoms with Crippen molar-refractivity contribution in [3.8, 4) is 5.75 Å². The standard InChI is InChI=1S/C13H9NO3S2/c1-16-8-3-2-7-6-17-10(9(7)4-8)5-11-12(15)14-13(18)19-11/h2-6H,1H3,(H,14,15,18). The van der Waals surface area contributed by atoms with Gasteiger partial charge in [-0.2, -0.15) is 0 Å². The summed E-state index contributed by atoms with van der Waals surface area (Å²) in [6, 6.07) is 5.65. The van der Waals surface area contributed by atoms with E-state index in [1.54, 1.807) is 19.4 Å². The molecule has 19 heavy (non-hydrogen) atoms. The number of furan rings is 1. The second-order valence-corrected chi connectivity index (χ2v) is 5.62. The van der Waals surface area contributed by atoms with Crippen LogP contribution in [0.3, 0.4) is 0 Å². The molecule has 0 unspecified atom stereocenters. The lowest BCUT2D eigenvalue weighted by molar-refractivity contribution is -0.115. The third kappa shape index (κ3) is 2.24. The molecule has 6 heteroatoms. The summed E-state index contributed by atoms with van der Waals surface area (Å²) in [5, 5.41) is 4.43. The van der Waals surface area contributed by atoms with Crippen molar-refractivity contribution in [1.82, 2.24) is 5.32 Å². The first-order valence-corrected chi connectivity index (χ1v) is 6.70. The summed E-state index contributed by atoms with van der Waals surface area (Å²) in [6.07, 6.45) is 3.35. The number of rotatable bonds is 2. The zero-order valence-corrected chi connectivity index (χ0v) is 11.6. The number of carbonyl (C=O) groups excluding carboxylic acids is 1. The van der Waals surface area contributed by atoms with Crippen LogP contribution in [-0.4, -0.2) is 17.3 Å². The molecule has 0 radical (unpaired) electrons. The minimum atomic E-state index is -0.192. The van der Waals surface area contributed by atoms with Crippen molar-refractivity contribution < 1.29 is 13.9 Å². The molecule has 3 rings (SSSR count). The van der Waals surface area contributed by atoms with Crippen molar-refractivity contribution >= 4 is 51.1 Å². The van der Waals surface area contributed by atoms with Crippen LogP contribution in [0.15, 0.2) is 33.8 Å². The number of methoxy groups -OCH3 is 1. The van der Waals surface area contributed by atoms with Gasteiger partial charge in [0.15, 0.2) is 0 Å². The molecular weight excluding hydrogens is 282 g/mol. The molecule has 0 saturated carbocycles. The lowest BCUT2D eigenvalue weighted by Crippen LogP contribution is -2.17. The molecule has 1 aliphatic heterocycles. The van der Waals surface area contributed by atoms with Gasteiger partial charge in [0, 0.05) is 16.8 Å². The fourth-order valence-corrected chi connectivity index (χ4v) is 2.84. The molecular formula is C13H9NO3S2. The Hall–Kier alpha value is -1.79. The van der Waals surface area contributed by atoms with Crippen LogP contribution < -0.4 is 10.1 Å². The minimum Gasteiger partial charge on any atom is -0.497 e. The Labute approximate surface area is 118 Å². The zero-order chi connectivity index (χ0) is 13.4. The van der Waals surface area contributed by atoms with Gasteiger partial charge in [-0.3, -0.25) is 4.79 Å². The molecule has 0 bridgehead atoms. The highest BCUT2D eigenvalue weighted by Gasteiger charge is 2.23. The van der Waals surface area contributed by atoms with Gasteiger partial charge in [0.2, 0.25) is 0 Å². The van der Waals surface area contributed by atoms with Crippen molar-refractivity contribution in [2.24, 2.45) is 0 Å². The van der Waals surface area contributed by atoms with Crippen molar-refractivity contribution in [1.29, 1.82) is 0 Å². The third-order valence-corrected chi connectivity index (χ3v) is 3.91. The van der Waals surface area contributed by atoms with Gasteiger partial charge in [-0.05, 0) is 18.2 Å². The van der Waals surface area contributed by atoms with Crippen LogP contribution in [0.1, 0.15) is 5.76 Å². The maximum absolute atomic E-state index is 11.6. The maximum atomic E-state index is 11.6. The first-order chi connectivity index (χ1) is 9.17. The minimum absolute atomic E-state index is 0.192. The highest BCUT2D eigenvalue weighted by atomic mass is 32.2. The zero-order valence-electron chi connectivity index (χ0n) is 9.93. The van der Waals surface area contributed by atoms with Crippen molar-refractivity contribution in [2.45, 2.75) is 0 Å². The Balaban J connectivity index is 2.08. The largest absolute Gasteiger partial charge is 0.497 e. The molecule has 0 spiro atoms. The molecule has 1 fully saturated rings. The summed E-state index contributed by atoms with van der Waals surface area (Å²) in [7, 11) is 1.61. The number of thioether (sulfide) groups is 1. The Kier molecular flexibility index (Phi) is 3.04. The number of fused-ring (bicyclic) bond motifs is 1. The van der Waals surface area contributed by atoms with Crippen LogP contribution in [0.5, 0.6) is 5.75 Å². The van der Waals surface area contributed by atoms with Crippen molar-refractivity contribution in [3.63, 3.8) is 0 Å². The highest BCUT2D eigenvalue weighted by Crippen LogP contribution is 2.31. The third-order valence-electron chi connectivity index (χ3n) is 2.74. The van der Waals surface area contributed by atoms with Gasteiger partial charge in [-0.15, -0.1) is 0 Å². The first-order valence-electron chi connectivity index (χ1n) is 5.47. The Morgan fingerprint density at radius 3 is 3.00 bits per heavy atom. The summed E-state index contributed by atoms with van der Waals surface area (Å²) < 4.78 is 11.1. The van der Waals surface area contributed by atoms with Crippen LogP contribution in [-0.2, 0) is 4.79 Å². The molecule has 96 valence electrons. The lowest BCUT2D eigenvalue weighted by Gasteiger charge is -1.98. The first kappa shape index (κ1) is 12.3. The Morgan fingerprint density at radius 1 is 1.47 bits per heavy atom. The number of hydrogen-bond donors (Lipinski definition) is 1. The Morgan fingerprint density at radius 2 is 2.32 bits per heavy atom. The molecule has 1 amide bonds. The quantitative estimate of drug-likeness (QED) is 0.681. The molecule has 1 aliphatic rings. The fourth-order valence-electron chi connectivity index (χ4n) is 1.82. The molecule has 2 heterocycles. The van der Waals surface area contributed by atoms with Crippen LogP contribution >= 0.6 is 24.0 Å². The molecule has 1 aromatic heterocycles.